The van der Waals surface area contributed by atoms with E-state index in [9.17, 15) is 15.3 Å². The van der Waals surface area contributed by atoms with Crippen LogP contribution in [0.4, 0.5) is 0 Å². The van der Waals surface area contributed by atoms with Crippen LogP contribution in [0.25, 0.3) is 11.0 Å². The van der Waals surface area contributed by atoms with Gasteiger partial charge in [0.1, 0.15) is 17.2 Å². The van der Waals surface area contributed by atoms with Crippen molar-refractivity contribution in [3.8, 4) is 17.9 Å². The van der Waals surface area contributed by atoms with Gasteiger partial charge in [0.05, 0.1) is 25.2 Å². The van der Waals surface area contributed by atoms with Gasteiger partial charge in [-0.1, -0.05) is 0 Å². The number of nitriles is 2. The molecule has 128 valence electrons. The van der Waals surface area contributed by atoms with Crippen molar-refractivity contribution in [3.05, 3.63) is 58.5 Å². The molecular weight excluding hydrogens is 332 g/mol. The number of aromatic nitrogens is 2. The fraction of sp³-hybridized carbons (Fsp3) is 0.263. The molecule has 1 aliphatic rings. The van der Waals surface area contributed by atoms with E-state index in [1.54, 1.807) is 42.3 Å². The van der Waals surface area contributed by atoms with Crippen LogP contribution in [0.3, 0.4) is 0 Å². The Kier molecular flexibility index (Phi) is 3.35. The molecule has 0 radical (unpaired) electrons. The van der Waals surface area contributed by atoms with E-state index in [2.05, 4.69) is 17.1 Å². The maximum atomic E-state index is 12.1. The number of hydrogen-bond acceptors (Lipinski definition) is 6. The highest BCUT2D eigenvalue weighted by Gasteiger charge is 2.70. The maximum absolute atomic E-state index is 12.1. The number of methoxy groups -OCH3 is 1. The van der Waals surface area contributed by atoms with Crippen molar-refractivity contribution < 1.29 is 9.15 Å². The molecule has 7 heteroatoms. The lowest BCUT2D eigenvalue weighted by atomic mass is 9.99. The molecule has 3 aromatic rings. The van der Waals surface area contributed by atoms with Gasteiger partial charge in [-0.2, -0.15) is 10.5 Å². The molecule has 2 unspecified atom stereocenters. The van der Waals surface area contributed by atoms with Crippen LogP contribution in [0.2, 0.25) is 0 Å². The zero-order valence-electron chi connectivity index (χ0n) is 14.1. The fourth-order valence-corrected chi connectivity index (χ4v) is 3.70. The molecule has 0 bridgehead atoms. The Hall–Kier alpha value is -3.58. The van der Waals surface area contributed by atoms with Crippen LogP contribution >= 0.6 is 0 Å². The molecule has 0 aliphatic heterocycles. The number of imidazole rings is 1. The number of nitrogens with zero attached hydrogens (tertiary/aromatic N) is 4. The largest absolute Gasteiger partial charge is 0.497 e. The summed E-state index contributed by atoms with van der Waals surface area (Å²) in [7, 11) is 3.36. The van der Waals surface area contributed by atoms with Gasteiger partial charge in [0.25, 0.3) is 0 Å². The third-order valence-corrected chi connectivity index (χ3v) is 5.03. The summed E-state index contributed by atoms with van der Waals surface area (Å²) in [6.45, 7) is 0. The van der Waals surface area contributed by atoms with Crippen LogP contribution in [0.15, 0.2) is 45.9 Å². The van der Waals surface area contributed by atoms with Crippen molar-refractivity contribution >= 4 is 11.0 Å². The van der Waals surface area contributed by atoms with Crippen LogP contribution in [-0.4, -0.2) is 16.7 Å². The molecule has 0 spiro atoms. The normalized spacial score (nSPS) is 20.3. The van der Waals surface area contributed by atoms with Crippen molar-refractivity contribution in [3.63, 3.8) is 0 Å². The summed E-state index contributed by atoms with van der Waals surface area (Å²) in [5.41, 5.74) is -0.800. The lowest BCUT2D eigenvalue weighted by Gasteiger charge is -2.07. The van der Waals surface area contributed by atoms with Gasteiger partial charge < -0.3 is 13.7 Å². The first kappa shape index (κ1) is 15.9. The Morgan fingerprint density at radius 2 is 2.04 bits per heavy atom. The average molecular weight is 346 g/mol. The van der Waals surface area contributed by atoms with Crippen LogP contribution in [-0.2, 0) is 7.05 Å². The first-order valence-electron chi connectivity index (χ1n) is 7.97. The second-order valence-electron chi connectivity index (χ2n) is 6.33. The summed E-state index contributed by atoms with van der Waals surface area (Å²) in [6.07, 6.45) is 3.40. The Balaban J connectivity index is 1.97. The number of rotatable bonds is 3. The van der Waals surface area contributed by atoms with Gasteiger partial charge in [-0.15, -0.1) is 0 Å². The van der Waals surface area contributed by atoms with Crippen LogP contribution < -0.4 is 10.4 Å². The summed E-state index contributed by atoms with van der Waals surface area (Å²) in [5.74, 6) is 0.342. The highest BCUT2D eigenvalue weighted by molar-refractivity contribution is 5.84. The van der Waals surface area contributed by atoms with E-state index in [0.717, 1.165) is 0 Å². The number of fused-ring (bicyclic) bond motifs is 1. The highest BCUT2D eigenvalue weighted by Crippen LogP contribution is 2.69. The topological polar surface area (TPSA) is 105 Å². The summed E-state index contributed by atoms with van der Waals surface area (Å²) in [6, 6.07) is 10.8. The Morgan fingerprint density at radius 1 is 1.27 bits per heavy atom. The van der Waals surface area contributed by atoms with Gasteiger partial charge in [-0.25, -0.2) is 9.78 Å². The standard InChI is InChI=1S/C19H14N4O3/c1-23-6-5-22-18(23)17-16(19(17,9-20)10-21)13-8-15(24)26-14-4-3-11(25-2)7-12(13)14/h3-8,16-17H,1-2H3. The van der Waals surface area contributed by atoms with Crippen LogP contribution in [0.1, 0.15) is 23.2 Å². The summed E-state index contributed by atoms with van der Waals surface area (Å²) < 4.78 is 12.3. The van der Waals surface area contributed by atoms with E-state index in [1.165, 1.54) is 6.07 Å². The molecular formula is C19H14N4O3. The Labute approximate surface area is 148 Å². The molecule has 1 saturated carbocycles. The van der Waals surface area contributed by atoms with E-state index in [4.69, 9.17) is 9.15 Å². The molecule has 0 amide bonds. The fourth-order valence-electron chi connectivity index (χ4n) is 3.70. The lowest BCUT2D eigenvalue weighted by Crippen LogP contribution is -2.03. The number of aryl methyl sites for hydroxylation is 1. The van der Waals surface area contributed by atoms with Crippen molar-refractivity contribution in [1.82, 2.24) is 9.55 Å². The number of hydrogen-bond donors (Lipinski definition) is 0. The van der Waals surface area contributed by atoms with E-state index >= 15 is 0 Å². The molecule has 1 aromatic carbocycles. The molecule has 2 atom stereocenters. The first-order valence-corrected chi connectivity index (χ1v) is 7.97. The average Bonchev–Trinajstić information content (AvgIpc) is 3.13. The van der Waals surface area contributed by atoms with Gasteiger partial charge in [0, 0.05) is 36.8 Å². The van der Waals surface area contributed by atoms with Crippen molar-refractivity contribution in [2.75, 3.05) is 7.11 Å². The Bertz CT molecular complexity index is 1150. The molecule has 2 heterocycles. The quantitative estimate of drug-likeness (QED) is 0.675. The SMILES string of the molecule is COc1ccc2oc(=O)cc(C3C(c4nccn4C)C3(C#N)C#N)c2c1. The highest BCUT2D eigenvalue weighted by atomic mass is 16.5. The second kappa shape index (κ2) is 5.47. The van der Waals surface area contributed by atoms with Crippen LogP contribution in [0, 0.1) is 28.1 Å². The van der Waals surface area contributed by atoms with Crippen molar-refractivity contribution in [2.24, 2.45) is 12.5 Å². The predicted molar refractivity (Wildman–Crippen MR) is 91.4 cm³/mol. The molecule has 7 nitrogen and oxygen atoms in total. The monoisotopic (exact) mass is 346 g/mol. The molecule has 4 rings (SSSR count). The third kappa shape index (κ3) is 2.04. The molecule has 2 aromatic heterocycles. The van der Waals surface area contributed by atoms with E-state index in [1.807, 2.05) is 7.05 Å². The van der Waals surface area contributed by atoms with Gasteiger partial charge in [-0.3, -0.25) is 0 Å². The van der Waals surface area contributed by atoms with Crippen molar-refractivity contribution in [1.29, 1.82) is 10.5 Å². The molecule has 1 aliphatic carbocycles. The summed E-state index contributed by atoms with van der Waals surface area (Å²) >= 11 is 0. The summed E-state index contributed by atoms with van der Waals surface area (Å²) in [5, 5.41) is 20.2. The van der Waals surface area contributed by atoms with Gasteiger partial charge in [0.15, 0.2) is 5.41 Å². The molecule has 26 heavy (non-hydrogen) atoms. The smallest absolute Gasteiger partial charge is 0.336 e. The maximum Gasteiger partial charge on any atom is 0.336 e. The molecule has 0 saturated heterocycles. The van der Waals surface area contributed by atoms with E-state index in [-0.39, 0.29) is 0 Å². The zero-order chi connectivity index (χ0) is 18.5. The van der Waals surface area contributed by atoms with Crippen LogP contribution in [0.5, 0.6) is 5.75 Å². The van der Waals surface area contributed by atoms with Crippen molar-refractivity contribution in [2.45, 2.75) is 11.8 Å². The van der Waals surface area contributed by atoms with Gasteiger partial charge in [0.2, 0.25) is 0 Å². The van der Waals surface area contributed by atoms with Gasteiger partial charge in [-0.05, 0) is 23.8 Å². The van der Waals surface area contributed by atoms with E-state index in [0.29, 0.717) is 28.1 Å². The predicted octanol–water partition coefficient (Wildman–Crippen LogP) is 2.45. The summed E-state index contributed by atoms with van der Waals surface area (Å²) in [4.78, 5) is 16.4. The lowest BCUT2D eigenvalue weighted by molar-refractivity contribution is 0.415. The minimum atomic E-state index is -1.27. The minimum Gasteiger partial charge on any atom is -0.497 e. The van der Waals surface area contributed by atoms with Gasteiger partial charge >= 0.3 is 5.63 Å². The molecule has 0 N–H and O–H groups in total. The third-order valence-electron chi connectivity index (χ3n) is 5.03. The number of benzene rings is 1. The molecule has 1 fully saturated rings. The minimum absolute atomic E-state index is 0.392. The second-order valence-corrected chi connectivity index (χ2v) is 6.33. The number of ether oxygens (including phenoxy) is 1. The zero-order valence-corrected chi connectivity index (χ0v) is 14.1. The Morgan fingerprint density at radius 3 is 2.65 bits per heavy atom. The van der Waals surface area contributed by atoms with E-state index < -0.39 is 22.9 Å². The first-order chi connectivity index (χ1) is 12.6.